The van der Waals surface area contributed by atoms with E-state index in [0.29, 0.717) is 6.42 Å². The Hall–Kier alpha value is -1.56. The molecule has 1 atom stereocenters. The topological polar surface area (TPSA) is 85.4 Å². The molecule has 1 aromatic rings. The average molecular weight is 261 g/mol. The van der Waals surface area contributed by atoms with Gasteiger partial charge in [-0.05, 0) is 19.4 Å². The van der Waals surface area contributed by atoms with E-state index in [2.05, 4.69) is 5.32 Å². The van der Waals surface area contributed by atoms with Crippen LogP contribution >= 0.6 is 11.6 Å². The number of hydrogen-bond donors (Lipinski definition) is 1. The highest BCUT2D eigenvalue weighted by Gasteiger charge is 2.26. The summed E-state index contributed by atoms with van der Waals surface area (Å²) < 4.78 is 4.79. The number of halogens is 1. The zero-order chi connectivity index (χ0) is 13.1. The molecule has 1 aromatic heterocycles. The van der Waals surface area contributed by atoms with E-state index in [0.717, 1.165) is 6.07 Å². The molecular weight excluding hydrogens is 248 g/mol. The molecule has 0 aromatic carbocycles. The molecule has 0 saturated carbocycles. The van der Waals surface area contributed by atoms with Gasteiger partial charge in [0.1, 0.15) is 4.92 Å². The lowest BCUT2D eigenvalue weighted by atomic mass is 10.0. The second kappa shape index (κ2) is 5.18. The van der Waals surface area contributed by atoms with E-state index in [1.807, 2.05) is 6.92 Å². The van der Waals surface area contributed by atoms with Crippen LogP contribution in [0.4, 0.5) is 5.88 Å². The number of carbonyl (C=O) groups excluding carboxylic acids is 1. The molecular formula is C10H13ClN2O4. The molecule has 0 spiro atoms. The van der Waals surface area contributed by atoms with Gasteiger partial charge in [-0.1, -0.05) is 6.92 Å². The van der Waals surface area contributed by atoms with Gasteiger partial charge in [-0.25, -0.2) is 0 Å². The van der Waals surface area contributed by atoms with Crippen molar-refractivity contribution in [3.8, 4) is 0 Å². The highest BCUT2D eigenvalue weighted by atomic mass is 35.5. The zero-order valence-corrected chi connectivity index (χ0v) is 10.3. The molecule has 0 saturated heterocycles. The van der Waals surface area contributed by atoms with E-state index in [1.54, 1.807) is 6.92 Å². The second-order valence-corrected chi connectivity index (χ2v) is 4.16. The first kappa shape index (κ1) is 13.5. The smallest absolute Gasteiger partial charge is 0.395 e. The van der Waals surface area contributed by atoms with Gasteiger partial charge in [0, 0.05) is 5.88 Å². The van der Waals surface area contributed by atoms with Crippen LogP contribution in [-0.4, -0.2) is 22.2 Å². The number of alkyl halides is 1. The first-order chi connectivity index (χ1) is 7.91. The molecule has 17 heavy (non-hydrogen) atoms. The van der Waals surface area contributed by atoms with Crippen molar-refractivity contribution in [2.24, 2.45) is 0 Å². The van der Waals surface area contributed by atoms with Gasteiger partial charge >= 0.3 is 5.88 Å². The summed E-state index contributed by atoms with van der Waals surface area (Å²) in [7, 11) is 0. The Morgan fingerprint density at radius 1 is 1.65 bits per heavy atom. The van der Waals surface area contributed by atoms with Crippen LogP contribution < -0.4 is 5.32 Å². The molecule has 1 amide bonds. The molecule has 0 bridgehead atoms. The van der Waals surface area contributed by atoms with Gasteiger partial charge in [0.05, 0.1) is 11.6 Å². The van der Waals surface area contributed by atoms with Crippen LogP contribution in [0.5, 0.6) is 0 Å². The molecule has 1 unspecified atom stereocenters. The fraction of sp³-hybridized carbons (Fsp3) is 0.500. The molecule has 0 fully saturated rings. The maximum atomic E-state index is 11.7. The molecule has 6 nitrogen and oxygen atoms in total. The van der Waals surface area contributed by atoms with Crippen LogP contribution in [0.1, 0.15) is 30.8 Å². The molecule has 0 radical (unpaired) electrons. The Bertz CT molecular complexity index is 426. The maximum Gasteiger partial charge on any atom is 0.433 e. The Balaban J connectivity index is 2.79. The van der Waals surface area contributed by atoms with Gasteiger partial charge in [-0.15, -0.1) is 11.6 Å². The number of furan rings is 1. The van der Waals surface area contributed by atoms with Crippen molar-refractivity contribution in [3.63, 3.8) is 0 Å². The first-order valence-corrected chi connectivity index (χ1v) is 5.58. The molecule has 94 valence electrons. The van der Waals surface area contributed by atoms with Gasteiger partial charge in [-0.3, -0.25) is 14.9 Å². The van der Waals surface area contributed by atoms with Gasteiger partial charge in [0.25, 0.3) is 5.91 Å². The van der Waals surface area contributed by atoms with Crippen molar-refractivity contribution in [1.82, 2.24) is 5.32 Å². The molecule has 0 aliphatic heterocycles. The molecule has 1 rings (SSSR count). The van der Waals surface area contributed by atoms with Gasteiger partial charge in [0.2, 0.25) is 0 Å². The number of nitrogens with zero attached hydrogens (tertiary/aromatic N) is 1. The van der Waals surface area contributed by atoms with E-state index in [9.17, 15) is 14.9 Å². The fourth-order valence-electron chi connectivity index (χ4n) is 1.10. The number of nitrogens with one attached hydrogen (secondary N) is 1. The number of nitro groups is 1. The third-order valence-corrected chi connectivity index (χ3v) is 3.08. The van der Waals surface area contributed by atoms with Crippen molar-refractivity contribution in [2.75, 3.05) is 5.88 Å². The van der Waals surface area contributed by atoms with Gasteiger partial charge in [0.15, 0.2) is 5.76 Å². The monoisotopic (exact) mass is 260 g/mol. The highest BCUT2D eigenvalue weighted by molar-refractivity contribution is 6.18. The summed E-state index contributed by atoms with van der Waals surface area (Å²) in [6, 6.07) is 2.40. The lowest BCUT2D eigenvalue weighted by Crippen LogP contribution is -2.46. The van der Waals surface area contributed by atoms with E-state index < -0.39 is 22.3 Å². The van der Waals surface area contributed by atoms with Gasteiger partial charge in [-0.2, -0.15) is 0 Å². The predicted octanol–water partition coefficient (Wildman–Crippen LogP) is 2.33. The Labute approximate surface area is 103 Å². The molecule has 7 heteroatoms. The third kappa shape index (κ3) is 3.20. The third-order valence-electron chi connectivity index (χ3n) is 2.49. The summed E-state index contributed by atoms with van der Waals surface area (Å²) in [5, 5.41) is 13.1. The summed E-state index contributed by atoms with van der Waals surface area (Å²) >= 11 is 5.74. The lowest BCUT2D eigenvalue weighted by Gasteiger charge is -2.26. The minimum Gasteiger partial charge on any atom is -0.395 e. The lowest BCUT2D eigenvalue weighted by molar-refractivity contribution is -0.402. The predicted molar refractivity (Wildman–Crippen MR) is 62.2 cm³/mol. The van der Waals surface area contributed by atoms with E-state index in [1.165, 1.54) is 6.07 Å². The molecule has 0 aliphatic rings. The average Bonchev–Trinajstić information content (AvgIpc) is 2.78. The summed E-state index contributed by atoms with van der Waals surface area (Å²) in [6.07, 6.45) is 0.644. The number of amides is 1. The summed E-state index contributed by atoms with van der Waals surface area (Å²) in [5.41, 5.74) is -0.555. The van der Waals surface area contributed by atoms with Crippen LogP contribution in [0, 0.1) is 10.1 Å². The van der Waals surface area contributed by atoms with Crippen LogP contribution in [0.25, 0.3) is 0 Å². The van der Waals surface area contributed by atoms with Crippen molar-refractivity contribution < 1.29 is 14.1 Å². The van der Waals surface area contributed by atoms with Gasteiger partial charge < -0.3 is 9.73 Å². The van der Waals surface area contributed by atoms with Crippen LogP contribution in [0.2, 0.25) is 0 Å². The van der Waals surface area contributed by atoms with E-state index in [4.69, 9.17) is 16.0 Å². The second-order valence-electron chi connectivity index (χ2n) is 3.90. The largest absolute Gasteiger partial charge is 0.433 e. The maximum absolute atomic E-state index is 11.7. The number of hydrogen-bond acceptors (Lipinski definition) is 4. The Morgan fingerprint density at radius 3 is 2.71 bits per heavy atom. The molecule has 0 aliphatic carbocycles. The number of rotatable bonds is 5. The van der Waals surface area contributed by atoms with Crippen molar-refractivity contribution in [3.05, 3.63) is 28.0 Å². The standard InChI is InChI=1S/C10H13ClN2O4/c1-3-10(2,6-11)12-9(14)7-4-5-8(17-7)13(15)16/h4-5H,3,6H2,1-2H3,(H,12,14). The SMILES string of the molecule is CCC(C)(CCl)NC(=O)c1ccc([N+](=O)[O-])o1. The summed E-state index contributed by atoms with van der Waals surface area (Å²) in [6.45, 7) is 3.67. The summed E-state index contributed by atoms with van der Waals surface area (Å²) in [4.78, 5) is 21.4. The molecule has 1 N–H and O–H groups in total. The summed E-state index contributed by atoms with van der Waals surface area (Å²) in [5.74, 6) is -0.818. The van der Waals surface area contributed by atoms with E-state index >= 15 is 0 Å². The normalized spacial score (nSPS) is 14.1. The first-order valence-electron chi connectivity index (χ1n) is 5.04. The van der Waals surface area contributed by atoms with Crippen LogP contribution in [0.3, 0.4) is 0 Å². The Morgan fingerprint density at radius 2 is 2.29 bits per heavy atom. The minimum atomic E-state index is -0.697. The molecule has 1 heterocycles. The van der Waals surface area contributed by atoms with Crippen LogP contribution in [0.15, 0.2) is 16.5 Å². The van der Waals surface area contributed by atoms with Crippen LogP contribution in [-0.2, 0) is 0 Å². The zero-order valence-electron chi connectivity index (χ0n) is 9.53. The van der Waals surface area contributed by atoms with Crippen molar-refractivity contribution >= 4 is 23.4 Å². The quantitative estimate of drug-likeness (QED) is 0.500. The fourth-order valence-corrected chi connectivity index (χ4v) is 1.36. The van der Waals surface area contributed by atoms with Crippen molar-refractivity contribution in [1.29, 1.82) is 0 Å². The number of carbonyl (C=O) groups is 1. The minimum absolute atomic E-state index is 0.0958. The Kier molecular flexibility index (Phi) is 4.11. The van der Waals surface area contributed by atoms with E-state index in [-0.39, 0.29) is 11.6 Å². The highest BCUT2D eigenvalue weighted by Crippen LogP contribution is 2.17. The van der Waals surface area contributed by atoms with Crippen molar-refractivity contribution in [2.45, 2.75) is 25.8 Å².